The molecule has 0 aromatic carbocycles. The largest absolute Gasteiger partial charge is 0.390 e. The number of halogens is 5. The van der Waals surface area contributed by atoms with Gasteiger partial charge in [0.1, 0.15) is 11.0 Å². The normalized spacial score (nSPS) is 18.4. The molecule has 4 rings (SSSR count). The average Bonchev–Trinajstić information content (AvgIpc) is 3.45. The van der Waals surface area contributed by atoms with Gasteiger partial charge < -0.3 is 5.73 Å². The molecule has 1 aliphatic carbocycles. The molecule has 3 aromatic rings. The number of nitrogens with two attached hydrogens (primary N) is 1. The summed E-state index contributed by atoms with van der Waals surface area (Å²) in [5, 5.41) is 8.59. The Morgan fingerprint density at radius 3 is 2.52 bits per heavy atom. The second-order valence-electron chi connectivity index (χ2n) is 10.9. The number of nitrogens with zero attached hydrogens (tertiary/aromatic N) is 6. The van der Waals surface area contributed by atoms with Gasteiger partial charge in [-0.1, -0.05) is 0 Å². The first kappa shape index (κ1) is 29.7. The van der Waals surface area contributed by atoms with Gasteiger partial charge in [0.05, 0.1) is 46.4 Å². The molecule has 1 saturated carbocycles. The van der Waals surface area contributed by atoms with E-state index >= 15 is 0 Å². The first-order chi connectivity index (χ1) is 18.5. The third-order valence-electron chi connectivity index (χ3n) is 6.71. The first-order valence-electron chi connectivity index (χ1n) is 12.7. The second-order valence-corrected chi connectivity index (χ2v) is 12.9. The van der Waals surface area contributed by atoms with Crippen molar-refractivity contribution in [1.82, 2.24) is 24.4 Å². The maximum Gasteiger partial charge on any atom is 0.390 e. The van der Waals surface area contributed by atoms with Crippen molar-refractivity contribution in [2.24, 2.45) is 16.0 Å². The molecule has 9 nitrogen and oxygen atoms in total. The maximum atomic E-state index is 14.0. The van der Waals surface area contributed by atoms with Crippen LogP contribution in [0.2, 0.25) is 0 Å². The van der Waals surface area contributed by atoms with Crippen LogP contribution in [0.15, 0.2) is 29.1 Å². The molecule has 2 N–H and O–H groups in total. The molecule has 0 unspecified atom stereocenters. The molecule has 1 amide bonds. The zero-order chi connectivity index (χ0) is 29.5. The van der Waals surface area contributed by atoms with Crippen molar-refractivity contribution in [2.75, 3.05) is 0 Å². The fraction of sp³-hybridized carbons (Fsp3) is 0.560. The first-order valence-corrected chi connectivity index (χ1v) is 13.8. The maximum absolute atomic E-state index is 14.0. The van der Waals surface area contributed by atoms with E-state index in [0.717, 1.165) is 10.9 Å². The third kappa shape index (κ3) is 7.09. The van der Waals surface area contributed by atoms with Gasteiger partial charge in [-0.05, 0) is 45.6 Å². The van der Waals surface area contributed by atoms with Crippen LogP contribution in [0.5, 0.6) is 0 Å². The van der Waals surface area contributed by atoms with Crippen molar-refractivity contribution >= 4 is 28.8 Å². The zero-order valence-corrected chi connectivity index (χ0v) is 23.0. The Bertz CT molecular complexity index is 1430. The van der Waals surface area contributed by atoms with E-state index in [1.807, 2.05) is 0 Å². The van der Waals surface area contributed by atoms with Gasteiger partial charge in [0, 0.05) is 37.4 Å². The van der Waals surface area contributed by atoms with Crippen molar-refractivity contribution in [2.45, 2.75) is 82.2 Å². The minimum atomic E-state index is -4.44. The Balaban J connectivity index is 1.75. The highest BCUT2D eigenvalue weighted by atomic mass is 32.2. The van der Waals surface area contributed by atoms with Crippen LogP contribution in [-0.2, 0) is 17.5 Å². The molecule has 2 atom stereocenters. The number of imidazole rings is 1. The minimum absolute atomic E-state index is 0.0864. The van der Waals surface area contributed by atoms with Gasteiger partial charge in [0.15, 0.2) is 5.65 Å². The summed E-state index contributed by atoms with van der Waals surface area (Å²) in [5.41, 5.74) is 6.82. The van der Waals surface area contributed by atoms with Crippen LogP contribution >= 0.6 is 0 Å². The topological polar surface area (TPSA) is 121 Å². The zero-order valence-electron chi connectivity index (χ0n) is 22.2. The number of carbonyl (C=O) groups is 1. The van der Waals surface area contributed by atoms with E-state index in [1.165, 1.54) is 16.9 Å². The summed E-state index contributed by atoms with van der Waals surface area (Å²) in [4.78, 5) is 16.9. The Morgan fingerprint density at radius 2 is 1.93 bits per heavy atom. The fourth-order valence-electron chi connectivity index (χ4n) is 4.61. The van der Waals surface area contributed by atoms with E-state index in [9.17, 15) is 31.0 Å². The number of hydrogen-bond acceptors (Lipinski definition) is 5. The van der Waals surface area contributed by atoms with E-state index in [-0.39, 0.29) is 36.9 Å². The molecule has 0 bridgehead atoms. The number of aromatic nitrogens is 5. The molecule has 3 heterocycles. The molecule has 3 aromatic heterocycles. The van der Waals surface area contributed by atoms with Crippen LogP contribution in [0.1, 0.15) is 86.1 Å². The molecule has 1 aliphatic rings. The van der Waals surface area contributed by atoms with Crippen LogP contribution in [0, 0.1) is 5.92 Å². The van der Waals surface area contributed by atoms with Gasteiger partial charge >= 0.3 is 6.18 Å². The van der Waals surface area contributed by atoms with Crippen molar-refractivity contribution < 1.29 is 31.0 Å². The highest BCUT2D eigenvalue weighted by molar-refractivity contribution is 7.85. The van der Waals surface area contributed by atoms with Crippen molar-refractivity contribution in [3.8, 4) is 0 Å². The predicted molar refractivity (Wildman–Crippen MR) is 139 cm³/mol. The molecule has 0 saturated heterocycles. The summed E-state index contributed by atoms with van der Waals surface area (Å²) >= 11 is 0. The predicted octanol–water partition coefficient (Wildman–Crippen LogP) is 4.82. The molecule has 0 spiro atoms. The summed E-state index contributed by atoms with van der Waals surface area (Å²) < 4.78 is 84.8. The average molecular weight is 588 g/mol. The summed E-state index contributed by atoms with van der Waals surface area (Å²) in [6.45, 7) is 4.82. The van der Waals surface area contributed by atoms with E-state index in [1.54, 1.807) is 33.0 Å². The lowest BCUT2D eigenvalue weighted by Crippen LogP contribution is -2.29. The van der Waals surface area contributed by atoms with E-state index in [4.69, 9.17) is 5.73 Å². The van der Waals surface area contributed by atoms with E-state index in [0.29, 0.717) is 16.9 Å². The summed E-state index contributed by atoms with van der Waals surface area (Å²) in [6, 6.07) is 1.64. The lowest BCUT2D eigenvalue weighted by atomic mass is 9.75. The number of amides is 1. The lowest BCUT2D eigenvalue weighted by Gasteiger charge is -2.32. The molecular weight excluding hydrogens is 557 g/mol. The van der Waals surface area contributed by atoms with Crippen molar-refractivity contribution in [3.63, 3.8) is 0 Å². The lowest BCUT2D eigenvalue weighted by molar-refractivity contribution is -0.137. The van der Waals surface area contributed by atoms with Gasteiger partial charge in [-0.15, -0.1) is 0 Å². The quantitative estimate of drug-likeness (QED) is 0.299. The van der Waals surface area contributed by atoms with E-state index in [2.05, 4.69) is 19.6 Å². The van der Waals surface area contributed by atoms with Crippen LogP contribution in [0.3, 0.4) is 0 Å². The van der Waals surface area contributed by atoms with Gasteiger partial charge in [0.25, 0.3) is 5.91 Å². The molecule has 218 valence electrons. The number of alkyl halides is 5. The molecule has 40 heavy (non-hydrogen) atoms. The monoisotopic (exact) mass is 587 g/mol. The van der Waals surface area contributed by atoms with Crippen LogP contribution < -0.4 is 5.73 Å². The number of primary amides is 1. The standard InChI is InChI=1S/C25H30F5N7O2S/c1-23(2,3)40(39)33-12-15-10-19-34-18(14-37(19)32-11-15)20(16-4-6-24(26,27)7-5-16)21-17(22(31)38)13-36(35-21)9-8-25(28,29)30/h10-14,16,20H,4-9H2,1-3H3,(H2,31,38)/t20-,40-/m0/s1. The van der Waals surface area contributed by atoms with Crippen LogP contribution in [0.25, 0.3) is 5.65 Å². The molecule has 15 heteroatoms. The van der Waals surface area contributed by atoms with Crippen LogP contribution in [0.4, 0.5) is 22.0 Å². The van der Waals surface area contributed by atoms with Gasteiger partial charge in [-0.3, -0.25) is 9.48 Å². The summed E-state index contributed by atoms with van der Waals surface area (Å²) in [7, 11) is -1.49. The molecule has 0 aliphatic heterocycles. The van der Waals surface area contributed by atoms with Crippen LogP contribution in [-0.4, -0.2) is 57.6 Å². The number of carbonyl (C=O) groups excluding carboxylic acids is 1. The fourth-order valence-corrected chi connectivity index (χ4v) is 5.14. The molecule has 1 fully saturated rings. The molecule has 0 radical (unpaired) electrons. The minimum Gasteiger partial charge on any atom is -0.365 e. The Labute approximate surface area is 229 Å². The van der Waals surface area contributed by atoms with Gasteiger partial charge in [-0.2, -0.15) is 27.8 Å². The second kappa shape index (κ2) is 11.0. The number of hydrogen-bond donors (Lipinski definition) is 1. The van der Waals surface area contributed by atoms with Crippen molar-refractivity contribution in [1.29, 1.82) is 0 Å². The Morgan fingerprint density at radius 1 is 1.25 bits per heavy atom. The number of aryl methyl sites for hydroxylation is 1. The highest BCUT2D eigenvalue weighted by Gasteiger charge is 2.41. The summed E-state index contributed by atoms with van der Waals surface area (Å²) in [6.07, 6.45) is -0.581. The SMILES string of the molecule is CC(C)(C)[S@](=O)N=Cc1cnn2cc([C@@H](c3nn(CCC(F)(F)F)cc3C(N)=O)C3CCC(F)(F)CC3)nc2c1. The Kier molecular flexibility index (Phi) is 8.16. The smallest absolute Gasteiger partial charge is 0.365 e. The summed E-state index contributed by atoms with van der Waals surface area (Å²) in [5.74, 6) is -4.95. The van der Waals surface area contributed by atoms with Gasteiger partial charge in [-0.25, -0.2) is 22.5 Å². The van der Waals surface area contributed by atoms with E-state index < -0.39 is 58.5 Å². The van der Waals surface area contributed by atoms with Crippen molar-refractivity contribution in [3.05, 3.63) is 47.2 Å². The number of rotatable bonds is 8. The Hall–Kier alpha value is -3.23. The molecular formula is C25H30F5N7O2S. The highest BCUT2D eigenvalue weighted by Crippen LogP contribution is 2.45. The number of fused-ring (bicyclic) bond motifs is 1. The third-order valence-corrected chi connectivity index (χ3v) is 8.05. The van der Waals surface area contributed by atoms with Gasteiger partial charge in [0.2, 0.25) is 5.92 Å².